The van der Waals surface area contributed by atoms with Gasteiger partial charge in [0.05, 0.1) is 0 Å². The molecule has 0 radical (unpaired) electrons. The van der Waals surface area contributed by atoms with Gasteiger partial charge >= 0.3 is 0 Å². The van der Waals surface area contributed by atoms with Crippen molar-refractivity contribution < 1.29 is 9.53 Å². The molecule has 2 saturated carbocycles. The molecule has 1 amide bonds. The van der Waals surface area contributed by atoms with Gasteiger partial charge in [0.2, 0.25) is 0 Å². The van der Waals surface area contributed by atoms with Crippen LogP contribution < -0.4 is 10.1 Å². The topological polar surface area (TPSA) is 38.3 Å². The van der Waals surface area contributed by atoms with E-state index in [0.29, 0.717) is 18.4 Å². The molecule has 114 valence electrons. The lowest BCUT2D eigenvalue weighted by Crippen LogP contribution is -2.45. The molecule has 1 N–H and O–H groups in total. The van der Waals surface area contributed by atoms with Crippen LogP contribution in [0.3, 0.4) is 0 Å². The standard InChI is InChI=1S/C18H25NO2/c1-3-17(21-15-8-4-12(2)5-9-15)18(20)19-16-11-13-6-7-14(16)10-13/h4-5,8-9,13-14,16-17H,3,6-7,10-11H2,1-2H3,(H,19,20)/t13-,14-,16+,17+/m0/s1. The summed E-state index contributed by atoms with van der Waals surface area (Å²) in [7, 11) is 0. The maximum absolute atomic E-state index is 12.4. The Kier molecular flexibility index (Phi) is 4.18. The average Bonchev–Trinajstić information content (AvgIpc) is 3.09. The van der Waals surface area contributed by atoms with E-state index in [-0.39, 0.29) is 12.0 Å². The van der Waals surface area contributed by atoms with Gasteiger partial charge in [-0.05, 0) is 56.6 Å². The Morgan fingerprint density at radius 2 is 2.05 bits per heavy atom. The van der Waals surface area contributed by atoms with Crippen LogP contribution in [0.25, 0.3) is 0 Å². The van der Waals surface area contributed by atoms with Crippen LogP contribution >= 0.6 is 0 Å². The molecule has 3 heteroatoms. The van der Waals surface area contributed by atoms with Gasteiger partial charge in [-0.15, -0.1) is 0 Å². The van der Waals surface area contributed by atoms with Crippen molar-refractivity contribution in [2.24, 2.45) is 11.8 Å². The number of carbonyl (C=O) groups is 1. The number of aryl methyl sites for hydroxylation is 1. The maximum Gasteiger partial charge on any atom is 0.261 e. The molecule has 0 saturated heterocycles. The Labute approximate surface area is 127 Å². The normalized spacial score (nSPS) is 28.4. The van der Waals surface area contributed by atoms with Gasteiger partial charge in [0.15, 0.2) is 6.10 Å². The number of hydrogen-bond acceptors (Lipinski definition) is 2. The minimum absolute atomic E-state index is 0.0515. The Hall–Kier alpha value is -1.51. The van der Waals surface area contributed by atoms with E-state index in [1.54, 1.807) is 0 Å². The number of carbonyl (C=O) groups excluding carboxylic acids is 1. The number of hydrogen-bond donors (Lipinski definition) is 1. The summed E-state index contributed by atoms with van der Waals surface area (Å²) >= 11 is 0. The molecular formula is C18H25NO2. The van der Waals surface area contributed by atoms with Crippen LogP contribution in [0, 0.1) is 18.8 Å². The molecule has 21 heavy (non-hydrogen) atoms. The monoisotopic (exact) mass is 287 g/mol. The van der Waals surface area contributed by atoms with Gasteiger partial charge in [-0.1, -0.05) is 31.0 Å². The van der Waals surface area contributed by atoms with Gasteiger partial charge in [0, 0.05) is 6.04 Å². The highest BCUT2D eigenvalue weighted by molar-refractivity contribution is 5.81. The van der Waals surface area contributed by atoms with Crippen LogP contribution in [0.4, 0.5) is 0 Å². The number of rotatable bonds is 5. The Morgan fingerprint density at radius 3 is 2.62 bits per heavy atom. The summed E-state index contributed by atoms with van der Waals surface area (Å²) in [5, 5.41) is 3.23. The summed E-state index contributed by atoms with van der Waals surface area (Å²) in [6.07, 6.45) is 5.42. The molecule has 2 fully saturated rings. The highest BCUT2D eigenvalue weighted by Gasteiger charge is 2.40. The zero-order chi connectivity index (χ0) is 14.8. The fraction of sp³-hybridized carbons (Fsp3) is 0.611. The molecule has 4 atom stereocenters. The fourth-order valence-electron chi connectivity index (χ4n) is 3.80. The maximum atomic E-state index is 12.4. The second kappa shape index (κ2) is 6.08. The van der Waals surface area contributed by atoms with Crippen LogP contribution in [0.5, 0.6) is 5.75 Å². The van der Waals surface area contributed by atoms with Crippen molar-refractivity contribution >= 4 is 5.91 Å². The number of benzene rings is 1. The predicted molar refractivity (Wildman–Crippen MR) is 83.3 cm³/mol. The van der Waals surface area contributed by atoms with Crippen molar-refractivity contribution in [1.29, 1.82) is 0 Å². The first-order valence-corrected chi connectivity index (χ1v) is 8.19. The Bertz CT molecular complexity index is 496. The minimum atomic E-state index is -0.383. The molecule has 2 aliphatic carbocycles. The molecule has 1 aromatic carbocycles. The molecule has 0 aromatic heterocycles. The first-order valence-electron chi connectivity index (χ1n) is 8.19. The second-order valence-electron chi connectivity index (χ2n) is 6.62. The molecule has 0 spiro atoms. The van der Waals surface area contributed by atoms with Crippen molar-refractivity contribution in [1.82, 2.24) is 5.32 Å². The Balaban J connectivity index is 1.57. The van der Waals surface area contributed by atoms with E-state index < -0.39 is 0 Å². The highest BCUT2D eigenvalue weighted by Crippen LogP contribution is 2.44. The summed E-state index contributed by atoms with van der Waals surface area (Å²) in [6.45, 7) is 4.04. The van der Waals surface area contributed by atoms with Crippen LogP contribution in [0.2, 0.25) is 0 Å². The van der Waals surface area contributed by atoms with E-state index in [2.05, 4.69) is 5.32 Å². The van der Waals surface area contributed by atoms with E-state index in [4.69, 9.17) is 4.74 Å². The number of ether oxygens (including phenoxy) is 1. The van der Waals surface area contributed by atoms with Crippen molar-refractivity contribution in [3.8, 4) is 5.75 Å². The number of amides is 1. The lowest BCUT2D eigenvalue weighted by Gasteiger charge is -2.25. The molecule has 0 unspecified atom stereocenters. The molecule has 0 heterocycles. The summed E-state index contributed by atoms with van der Waals surface area (Å²) in [5.41, 5.74) is 1.20. The lowest BCUT2D eigenvalue weighted by molar-refractivity contribution is -0.129. The fourth-order valence-corrected chi connectivity index (χ4v) is 3.80. The van der Waals surface area contributed by atoms with E-state index in [1.807, 2.05) is 38.1 Å². The third-order valence-electron chi connectivity index (χ3n) is 5.03. The SMILES string of the molecule is CC[C@@H](Oc1ccc(C)cc1)C(=O)N[C@@H]1C[C@H]2CC[C@H]1C2. The van der Waals surface area contributed by atoms with Gasteiger partial charge in [-0.3, -0.25) is 4.79 Å². The molecule has 1 aromatic rings. The summed E-state index contributed by atoms with van der Waals surface area (Å²) in [5.74, 6) is 2.38. The van der Waals surface area contributed by atoms with Crippen LogP contribution in [0.1, 0.15) is 44.6 Å². The van der Waals surface area contributed by atoms with Crippen molar-refractivity contribution in [3.63, 3.8) is 0 Å². The van der Waals surface area contributed by atoms with Crippen LogP contribution in [-0.4, -0.2) is 18.1 Å². The zero-order valence-electron chi connectivity index (χ0n) is 13.0. The average molecular weight is 287 g/mol. The molecule has 3 rings (SSSR count). The summed E-state index contributed by atoms with van der Waals surface area (Å²) < 4.78 is 5.86. The van der Waals surface area contributed by atoms with Crippen LogP contribution in [-0.2, 0) is 4.79 Å². The highest BCUT2D eigenvalue weighted by atomic mass is 16.5. The van der Waals surface area contributed by atoms with Gasteiger partial charge in [0.25, 0.3) is 5.91 Å². The van der Waals surface area contributed by atoms with Gasteiger partial charge < -0.3 is 10.1 Å². The molecule has 0 aliphatic heterocycles. The van der Waals surface area contributed by atoms with Crippen LogP contribution in [0.15, 0.2) is 24.3 Å². The van der Waals surface area contributed by atoms with Crippen molar-refractivity contribution in [2.45, 2.75) is 58.1 Å². The predicted octanol–water partition coefficient (Wildman–Crippen LogP) is 3.46. The molecular weight excluding hydrogens is 262 g/mol. The van der Waals surface area contributed by atoms with E-state index >= 15 is 0 Å². The number of fused-ring (bicyclic) bond motifs is 2. The zero-order valence-corrected chi connectivity index (χ0v) is 13.0. The van der Waals surface area contributed by atoms with E-state index in [9.17, 15) is 4.79 Å². The van der Waals surface area contributed by atoms with Gasteiger partial charge in [-0.2, -0.15) is 0 Å². The smallest absolute Gasteiger partial charge is 0.261 e. The molecule has 2 aliphatic rings. The van der Waals surface area contributed by atoms with Crippen molar-refractivity contribution in [3.05, 3.63) is 29.8 Å². The van der Waals surface area contributed by atoms with E-state index in [1.165, 1.54) is 24.8 Å². The second-order valence-corrected chi connectivity index (χ2v) is 6.62. The summed E-state index contributed by atoms with van der Waals surface area (Å²) in [6, 6.07) is 8.27. The minimum Gasteiger partial charge on any atom is -0.481 e. The van der Waals surface area contributed by atoms with E-state index in [0.717, 1.165) is 18.1 Å². The van der Waals surface area contributed by atoms with Gasteiger partial charge in [0.1, 0.15) is 5.75 Å². The molecule has 3 nitrogen and oxygen atoms in total. The first kappa shape index (κ1) is 14.4. The molecule has 2 bridgehead atoms. The quantitative estimate of drug-likeness (QED) is 0.900. The lowest BCUT2D eigenvalue weighted by atomic mass is 9.95. The summed E-state index contributed by atoms with van der Waals surface area (Å²) in [4.78, 5) is 12.4. The third kappa shape index (κ3) is 3.22. The third-order valence-corrected chi connectivity index (χ3v) is 5.03. The first-order chi connectivity index (χ1) is 10.2. The van der Waals surface area contributed by atoms with Crippen molar-refractivity contribution in [2.75, 3.05) is 0 Å². The Morgan fingerprint density at radius 1 is 1.29 bits per heavy atom. The largest absolute Gasteiger partial charge is 0.481 e. The van der Waals surface area contributed by atoms with Gasteiger partial charge in [-0.25, -0.2) is 0 Å². The number of nitrogens with one attached hydrogen (secondary N) is 1.